The second-order valence-corrected chi connectivity index (χ2v) is 2.99. The molecule has 0 spiro atoms. The van der Waals surface area contributed by atoms with Gasteiger partial charge >= 0.3 is 5.97 Å². The molecule has 0 aliphatic heterocycles. The normalized spacial score (nSPS) is 15.1. The number of esters is 1. The smallest absolute Gasteiger partial charge is 0.302 e. The molecular formula is C9H18O4. The third-order valence-electron chi connectivity index (χ3n) is 1.54. The van der Waals surface area contributed by atoms with Crippen LogP contribution < -0.4 is 0 Å². The fourth-order valence-corrected chi connectivity index (χ4v) is 0.651. The third kappa shape index (κ3) is 7.74. The molecule has 0 bridgehead atoms. The standard InChI is InChI=1S/C9H18O4/c1-7(11-4)5-12-8(2)6-13-9(3)10/h7-8H,5-6H2,1-4H3/t7-,8+/m0/s1. The first-order valence-electron chi connectivity index (χ1n) is 4.34. The van der Waals surface area contributed by atoms with Crippen LogP contribution in [-0.4, -0.2) is 38.5 Å². The van der Waals surface area contributed by atoms with Crippen LogP contribution in [0.25, 0.3) is 0 Å². The van der Waals surface area contributed by atoms with Gasteiger partial charge in [0, 0.05) is 14.0 Å². The maximum absolute atomic E-state index is 10.4. The van der Waals surface area contributed by atoms with Gasteiger partial charge in [-0.3, -0.25) is 4.79 Å². The predicted molar refractivity (Wildman–Crippen MR) is 48.5 cm³/mol. The van der Waals surface area contributed by atoms with Crippen molar-refractivity contribution in [1.82, 2.24) is 0 Å². The van der Waals surface area contributed by atoms with E-state index < -0.39 is 0 Å². The van der Waals surface area contributed by atoms with Crippen molar-refractivity contribution in [2.24, 2.45) is 0 Å². The second-order valence-electron chi connectivity index (χ2n) is 2.99. The fourth-order valence-electron chi connectivity index (χ4n) is 0.651. The van der Waals surface area contributed by atoms with E-state index in [0.717, 1.165) is 0 Å². The van der Waals surface area contributed by atoms with Crippen molar-refractivity contribution in [1.29, 1.82) is 0 Å². The number of hydrogen-bond acceptors (Lipinski definition) is 4. The molecule has 0 fully saturated rings. The Bertz CT molecular complexity index is 147. The minimum atomic E-state index is -0.282. The van der Waals surface area contributed by atoms with Crippen molar-refractivity contribution in [3.8, 4) is 0 Å². The number of ether oxygens (including phenoxy) is 3. The molecule has 0 radical (unpaired) electrons. The highest BCUT2D eigenvalue weighted by molar-refractivity contribution is 5.65. The summed E-state index contributed by atoms with van der Waals surface area (Å²) >= 11 is 0. The zero-order valence-electron chi connectivity index (χ0n) is 8.70. The fraction of sp³-hybridized carbons (Fsp3) is 0.889. The summed E-state index contributed by atoms with van der Waals surface area (Å²) in [7, 11) is 1.63. The SMILES string of the molecule is CO[C@@H](C)CO[C@H](C)COC(C)=O. The molecule has 4 nitrogen and oxygen atoms in total. The molecule has 0 N–H and O–H groups in total. The van der Waals surface area contributed by atoms with E-state index in [0.29, 0.717) is 13.2 Å². The molecule has 0 amide bonds. The van der Waals surface area contributed by atoms with Crippen molar-refractivity contribution in [2.45, 2.75) is 33.0 Å². The first-order valence-corrected chi connectivity index (χ1v) is 4.34. The van der Waals surface area contributed by atoms with Crippen LogP contribution in [-0.2, 0) is 19.0 Å². The van der Waals surface area contributed by atoms with Crippen molar-refractivity contribution in [3.05, 3.63) is 0 Å². The predicted octanol–water partition coefficient (Wildman–Crippen LogP) is 0.989. The van der Waals surface area contributed by atoms with Gasteiger partial charge in [0.05, 0.1) is 18.8 Å². The lowest BCUT2D eigenvalue weighted by Gasteiger charge is -2.15. The van der Waals surface area contributed by atoms with Gasteiger partial charge in [-0.15, -0.1) is 0 Å². The van der Waals surface area contributed by atoms with Crippen LogP contribution >= 0.6 is 0 Å². The number of rotatable bonds is 6. The van der Waals surface area contributed by atoms with Crippen LogP contribution in [0.1, 0.15) is 20.8 Å². The topological polar surface area (TPSA) is 44.8 Å². The molecule has 0 aromatic rings. The van der Waals surface area contributed by atoms with Crippen molar-refractivity contribution < 1.29 is 19.0 Å². The highest BCUT2D eigenvalue weighted by Crippen LogP contribution is 1.96. The molecule has 0 heterocycles. The Hall–Kier alpha value is -0.610. The van der Waals surface area contributed by atoms with Gasteiger partial charge in [0.15, 0.2) is 0 Å². The molecule has 0 aliphatic rings. The van der Waals surface area contributed by atoms with Gasteiger partial charge in [0.2, 0.25) is 0 Å². The Kier molecular flexibility index (Phi) is 6.54. The maximum atomic E-state index is 10.4. The molecule has 0 aliphatic carbocycles. The van der Waals surface area contributed by atoms with Crippen molar-refractivity contribution in [3.63, 3.8) is 0 Å². The molecular weight excluding hydrogens is 172 g/mol. The van der Waals surface area contributed by atoms with E-state index in [1.807, 2.05) is 13.8 Å². The molecule has 13 heavy (non-hydrogen) atoms. The van der Waals surface area contributed by atoms with Crippen LogP contribution in [0, 0.1) is 0 Å². The quantitative estimate of drug-likeness (QED) is 0.586. The van der Waals surface area contributed by atoms with Crippen molar-refractivity contribution in [2.75, 3.05) is 20.3 Å². The molecule has 0 saturated heterocycles. The summed E-state index contributed by atoms with van der Waals surface area (Å²) in [5.41, 5.74) is 0. The molecule has 0 rings (SSSR count). The van der Waals surface area contributed by atoms with Crippen LogP contribution in [0.2, 0.25) is 0 Å². The highest BCUT2D eigenvalue weighted by Gasteiger charge is 2.06. The van der Waals surface area contributed by atoms with Crippen molar-refractivity contribution >= 4 is 5.97 Å². The molecule has 78 valence electrons. The second kappa shape index (κ2) is 6.86. The van der Waals surface area contributed by atoms with Gasteiger partial charge < -0.3 is 14.2 Å². The molecule has 2 atom stereocenters. The van der Waals surface area contributed by atoms with Gasteiger partial charge in [-0.05, 0) is 13.8 Å². The van der Waals surface area contributed by atoms with E-state index in [4.69, 9.17) is 14.2 Å². The first-order chi connectivity index (χ1) is 6.06. The number of hydrogen-bond donors (Lipinski definition) is 0. The third-order valence-corrected chi connectivity index (χ3v) is 1.54. The van der Waals surface area contributed by atoms with Gasteiger partial charge in [-0.25, -0.2) is 0 Å². The largest absolute Gasteiger partial charge is 0.463 e. The van der Waals surface area contributed by atoms with E-state index in [-0.39, 0.29) is 18.2 Å². The van der Waals surface area contributed by atoms with Gasteiger partial charge in [0.1, 0.15) is 6.61 Å². The summed E-state index contributed by atoms with van der Waals surface area (Å²) in [4.78, 5) is 10.4. The van der Waals surface area contributed by atoms with E-state index in [2.05, 4.69) is 0 Å². The Balaban J connectivity index is 3.39. The van der Waals surface area contributed by atoms with Crippen LogP contribution in [0.15, 0.2) is 0 Å². The molecule has 0 saturated carbocycles. The lowest BCUT2D eigenvalue weighted by molar-refractivity contribution is -0.145. The Morgan fingerprint density at radius 2 is 1.85 bits per heavy atom. The zero-order chi connectivity index (χ0) is 10.3. The monoisotopic (exact) mass is 190 g/mol. The summed E-state index contributed by atoms with van der Waals surface area (Å²) in [6.07, 6.45) is -0.0127. The minimum absolute atomic E-state index is 0.0692. The number of carbonyl (C=O) groups excluding carboxylic acids is 1. The summed E-state index contributed by atoms with van der Waals surface area (Å²) in [6.45, 7) is 5.96. The molecule has 0 unspecified atom stereocenters. The van der Waals surface area contributed by atoms with Gasteiger partial charge in [-0.2, -0.15) is 0 Å². The van der Waals surface area contributed by atoms with E-state index in [1.165, 1.54) is 6.92 Å². The summed E-state index contributed by atoms with van der Waals surface area (Å²) in [5, 5.41) is 0. The lowest BCUT2D eigenvalue weighted by atomic mass is 10.4. The van der Waals surface area contributed by atoms with E-state index in [9.17, 15) is 4.79 Å². The average Bonchev–Trinajstić information content (AvgIpc) is 2.10. The Morgan fingerprint density at radius 1 is 1.23 bits per heavy atom. The van der Waals surface area contributed by atoms with Gasteiger partial charge in [-0.1, -0.05) is 0 Å². The zero-order valence-corrected chi connectivity index (χ0v) is 8.70. The summed E-state index contributed by atoms with van der Waals surface area (Å²) in [6, 6.07) is 0. The Labute approximate surface area is 79.2 Å². The maximum Gasteiger partial charge on any atom is 0.302 e. The lowest BCUT2D eigenvalue weighted by Crippen LogP contribution is -2.23. The summed E-state index contributed by atoms with van der Waals surface area (Å²) in [5.74, 6) is -0.282. The van der Waals surface area contributed by atoms with Crippen LogP contribution in [0.4, 0.5) is 0 Å². The molecule has 4 heteroatoms. The highest BCUT2D eigenvalue weighted by atomic mass is 16.6. The van der Waals surface area contributed by atoms with Crippen LogP contribution in [0.3, 0.4) is 0 Å². The molecule has 0 aromatic carbocycles. The molecule has 0 aromatic heterocycles. The minimum Gasteiger partial charge on any atom is -0.463 e. The number of methoxy groups -OCH3 is 1. The summed E-state index contributed by atoms with van der Waals surface area (Å²) < 4.78 is 15.1. The Morgan fingerprint density at radius 3 is 2.31 bits per heavy atom. The first kappa shape index (κ1) is 12.4. The van der Waals surface area contributed by atoms with Gasteiger partial charge in [0.25, 0.3) is 0 Å². The van der Waals surface area contributed by atoms with Crippen LogP contribution in [0.5, 0.6) is 0 Å². The van der Waals surface area contributed by atoms with E-state index >= 15 is 0 Å². The van der Waals surface area contributed by atoms with E-state index in [1.54, 1.807) is 7.11 Å². The number of carbonyl (C=O) groups is 1. The average molecular weight is 190 g/mol.